The highest BCUT2D eigenvalue weighted by atomic mass is 79.9. The molecule has 2 unspecified atom stereocenters. The van der Waals surface area contributed by atoms with E-state index in [0.29, 0.717) is 6.04 Å². The number of hydrogen-bond acceptors (Lipinski definition) is 3. The molecule has 114 valence electrons. The SMILES string of the molecule is CCC(C)n1ccc(CC(NN)c2ccc(Br)cc2Br)n1. The van der Waals surface area contributed by atoms with E-state index in [-0.39, 0.29) is 6.04 Å². The Balaban J connectivity index is 2.17. The summed E-state index contributed by atoms with van der Waals surface area (Å²) in [6.45, 7) is 4.33. The first kappa shape index (κ1) is 16.7. The van der Waals surface area contributed by atoms with Crippen molar-refractivity contribution < 1.29 is 0 Å². The third-order valence-electron chi connectivity index (χ3n) is 3.66. The quantitative estimate of drug-likeness (QED) is 0.550. The van der Waals surface area contributed by atoms with E-state index in [4.69, 9.17) is 5.84 Å². The molecule has 21 heavy (non-hydrogen) atoms. The van der Waals surface area contributed by atoms with Crippen molar-refractivity contribution in [1.29, 1.82) is 0 Å². The minimum absolute atomic E-state index is 0.0211. The zero-order valence-electron chi connectivity index (χ0n) is 12.2. The standard InChI is InChI=1S/C15H20Br2N4/c1-3-10(2)21-7-6-12(20-21)9-15(19-18)13-5-4-11(16)8-14(13)17/h4-8,10,15,19H,3,9,18H2,1-2H3. The Morgan fingerprint density at radius 3 is 2.71 bits per heavy atom. The van der Waals surface area contributed by atoms with Gasteiger partial charge in [0.1, 0.15) is 0 Å². The molecule has 0 aliphatic heterocycles. The first-order chi connectivity index (χ1) is 10.0. The molecule has 1 aromatic heterocycles. The fourth-order valence-electron chi connectivity index (χ4n) is 2.17. The van der Waals surface area contributed by atoms with Crippen LogP contribution in [0.2, 0.25) is 0 Å². The Hall–Kier alpha value is -0.690. The number of nitrogens with two attached hydrogens (primary N) is 1. The molecule has 0 aliphatic carbocycles. The van der Waals surface area contributed by atoms with Gasteiger partial charge in [0.25, 0.3) is 0 Å². The van der Waals surface area contributed by atoms with E-state index in [0.717, 1.165) is 33.0 Å². The van der Waals surface area contributed by atoms with Crippen LogP contribution in [0.5, 0.6) is 0 Å². The number of nitrogens with one attached hydrogen (secondary N) is 1. The van der Waals surface area contributed by atoms with E-state index in [1.165, 1.54) is 0 Å². The third kappa shape index (κ3) is 4.16. The molecule has 0 bridgehead atoms. The molecule has 4 nitrogen and oxygen atoms in total. The van der Waals surface area contributed by atoms with Gasteiger partial charge in [0.15, 0.2) is 0 Å². The van der Waals surface area contributed by atoms with Gasteiger partial charge in [-0.05, 0) is 37.1 Å². The van der Waals surface area contributed by atoms with Gasteiger partial charge >= 0.3 is 0 Å². The van der Waals surface area contributed by atoms with Gasteiger partial charge in [-0.15, -0.1) is 0 Å². The summed E-state index contributed by atoms with van der Waals surface area (Å²) in [5, 5.41) is 4.64. The lowest BCUT2D eigenvalue weighted by atomic mass is 10.0. The molecule has 2 rings (SSSR count). The predicted molar refractivity (Wildman–Crippen MR) is 92.8 cm³/mol. The average Bonchev–Trinajstić information content (AvgIpc) is 2.93. The van der Waals surface area contributed by atoms with E-state index in [9.17, 15) is 0 Å². The van der Waals surface area contributed by atoms with Crippen molar-refractivity contribution in [1.82, 2.24) is 15.2 Å². The summed E-state index contributed by atoms with van der Waals surface area (Å²) in [5.41, 5.74) is 5.04. The molecular weight excluding hydrogens is 396 g/mol. The van der Waals surface area contributed by atoms with Gasteiger partial charge in [-0.1, -0.05) is 44.8 Å². The number of rotatable bonds is 6. The Bertz CT molecular complexity index is 597. The molecule has 1 heterocycles. The monoisotopic (exact) mass is 414 g/mol. The first-order valence-electron chi connectivity index (χ1n) is 7.00. The van der Waals surface area contributed by atoms with Crippen LogP contribution in [0.1, 0.15) is 43.6 Å². The number of hydrazine groups is 1. The molecule has 0 spiro atoms. The van der Waals surface area contributed by atoms with Gasteiger partial charge in [0.2, 0.25) is 0 Å². The first-order valence-corrected chi connectivity index (χ1v) is 8.58. The van der Waals surface area contributed by atoms with Crippen LogP contribution in [-0.2, 0) is 6.42 Å². The van der Waals surface area contributed by atoms with Crippen LogP contribution in [0.4, 0.5) is 0 Å². The lowest BCUT2D eigenvalue weighted by Gasteiger charge is -2.17. The summed E-state index contributed by atoms with van der Waals surface area (Å²) in [6, 6.07) is 8.60. The fourth-order valence-corrected chi connectivity index (χ4v) is 3.49. The van der Waals surface area contributed by atoms with Crippen LogP contribution >= 0.6 is 31.9 Å². The molecule has 0 amide bonds. The molecule has 0 fully saturated rings. The molecule has 0 saturated heterocycles. The van der Waals surface area contributed by atoms with Crippen molar-refractivity contribution in [2.45, 2.75) is 38.8 Å². The Kier molecular flexibility index (Phi) is 5.98. The number of benzene rings is 1. The summed E-state index contributed by atoms with van der Waals surface area (Å²) < 4.78 is 4.08. The zero-order valence-corrected chi connectivity index (χ0v) is 15.4. The van der Waals surface area contributed by atoms with E-state index >= 15 is 0 Å². The minimum Gasteiger partial charge on any atom is -0.271 e. The van der Waals surface area contributed by atoms with Crippen molar-refractivity contribution in [2.24, 2.45) is 5.84 Å². The highest BCUT2D eigenvalue weighted by Crippen LogP contribution is 2.28. The lowest BCUT2D eigenvalue weighted by molar-refractivity contribution is 0.467. The second-order valence-corrected chi connectivity index (χ2v) is 6.90. The van der Waals surface area contributed by atoms with Crippen LogP contribution in [0, 0.1) is 0 Å². The number of nitrogens with zero attached hydrogens (tertiary/aromatic N) is 2. The summed E-state index contributed by atoms with van der Waals surface area (Å²) in [7, 11) is 0. The van der Waals surface area contributed by atoms with Gasteiger partial charge in [-0.3, -0.25) is 16.0 Å². The van der Waals surface area contributed by atoms with Crippen molar-refractivity contribution in [3.05, 3.63) is 50.7 Å². The normalized spacial score (nSPS) is 14.1. The van der Waals surface area contributed by atoms with Crippen LogP contribution in [0.25, 0.3) is 0 Å². The summed E-state index contributed by atoms with van der Waals surface area (Å²) >= 11 is 7.05. The van der Waals surface area contributed by atoms with Gasteiger partial charge in [0.05, 0.1) is 11.7 Å². The zero-order chi connectivity index (χ0) is 15.4. The maximum atomic E-state index is 5.74. The number of aromatic nitrogens is 2. The molecule has 2 aromatic rings. The van der Waals surface area contributed by atoms with E-state index in [1.54, 1.807) is 0 Å². The van der Waals surface area contributed by atoms with Gasteiger partial charge in [-0.25, -0.2) is 0 Å². The molecular formula is C15H20Br2N4. The number of halogens is 2. The third-order valence-corrected chi connectivity index (χ3v) is 4.84. The smallest absolute Gasteiger partial charge is 0.0644 e. The van der Waals surface area contributed by atoms with Crippen LogP contribution < -0.4 is 11.3 Å². The van der Waals surface area contributed by atoms with Gasteiger partial charge in [0, 0.05) is 27.6 Å². The maximum Gasteiger partial charge on any atom is 0.0644 e. The minimum atomic E-state index is 0.0211. The van der Waals surface area contributed by atoms with Crippen molar-refractivity contribution in [2.75, 3.05) is 0 Å². The van der Waals surface area contributed by atoms with Crippen molar-refractivity contribution >= 4 is 31.9 Å². The molecule has 2 atom stereocenters. The topological polar surface area (TPSA) is 55.9 Å². The van der Waals surface area contributed by atoms with Crippen LogP contribution in [-0.4, -0.2) is 9.78 Å². The van der Waals surface area contributed by atoms with Crippen molar-refractivity contribution in [3.63, 3.8) is 0 Å². The molecule has 6 heteroatoms. The van der Waals surface area contributed by atoms with E-state index in [2.05, 4.69) is 68.4 Å². The molecule has 0 aliphatic rings. The van der Waals surface area contributed by atoms with Crippen molar-refractivity contribution in [3.8, 4) is 0 Å². The van der Waals surface area contributed by atoms with Crippen LogP contribution in [0.3, 0.4) is 0 Å². The second-order valence-electron chi connectivity index (χ2n) is 5.13. The fraction of sp³-hybridized carbons (Fsp3) is 0.400. The predicted octanol–water partition coefficient (Wildman–Crippen LogP) is 4.13. The van der Waals surface area contributed by atoms with Gasteiger partial charge in [-0.2, -0.15) is 5.10 Å². The number of hydrogen-bond donors (Lipinski definition) is 2. The molecule has 1 aromatic carbocycles. The van der Waals surface area contributed by atoms with Crippen LogP contribution in [0.15, 0.2) is 39.4 Å². The molecule has 0 radical (unpaired) electrons. The Morgan fingerprint density at radius 1 is 1.33 bits per heavy atom. The largest absolute Gasteiger partial charge is 0.271 e. The Morgan fingerprint density at radius 2 is 2.10 bits per heavy atom. The van der Waals surface area contributed by atoms with E-state index in [1.807, 2.05) is 23.0 Å². The molecule has 0 saturated carbocycles. The highest BCUT2D eigenvalue weighted by molar-refractivity contribution is 9.11. The Labute approximate surface area is 142 Å². The maximum absolute atomic E-state index is 5.74. The second kappa shape index (κ2) is 7.54. The summed E-state index contributed by atoms with van der Waals surface area (Å²) in [5.74, 6) is 5.74. The summed E-state index contributed by atoms with van der Waals surface area (Å²) in [4.78, 5) is 0. The average molecular weight is 416 g/mol. The molecule has 3 N–H and O–H groups in total. The van der Waals surface area contributed by atoms with E-state index < -0.39 is 0 Å². The lowest BCUT2D eigenvalue weighted by Crippen LogP contribution is -2.30. The summed E-state index contributed by atoms with van der Waals surface area (Å²) in [6.07, 6.45) is 3.85. The highest BCUT2D eigenvalue weighted by Gasteiger charge is 2.16. The van der Waals surface area contributed by atoms with Gasteiger partial charge < -0.3 is 0 Å².